The molecule has 0 bridgehead atoms. The summed E-state index contributed by atoms with van der Waals surface area (Å²) in [6, 6.07) is 44.4. The first kappa shape index (κ1) is 20.8. The third kappa shape index (κ3) is 2.72. The van der Waals surface area contributed by atoms with Crippen LogP contribution in [0.4, 0.5) is 34.3 Å². The van der Waals surface area contributed by atoms with Crippen LogP contribution in [0.3, 0.4) is 0 Å². The minimum atomic E-state index is -0.114. The number of anilines is 6. The fourth-order valence-corrected chi connectivity index (χ4v) is 6.52. The van der Waals surface area contributed by atoms with E-state index in [-0.39, 0.29) is 5.92 Å². The van der Waals surface area contributed by atoms with Crippen molar-refractivity contribution in [1.29, 1.82) is 0 Å². The molecule has 0 saturated carbocycles. The highest BCUT2D eigenvalue weighted by Gasteiger charge is 2.46. The molecule has 0 fully saturated rings. The summed E-state index contributed by atoms with van der Waals surface area (Å²) in [7, 11) is 0. The van der Waals surface area contributed by atoms with E-state index in [1.807, 2.05) is 18.2 Å². The molecule has 7 aromatic rings. The summed E-state index contributed by atoms with van der Waals surface area (Å²) in [4.78, 5) is 4.63. The van der Waals surface area contributed by atoms with Crippen LogP contribution in [0.25, 0.3) is 21.9 Å². The van der Waals surface area contributed by atoms with Crippen molar-refractivity contribution in [2.24, 2.45) is 0 Å². The van der Waals surface area contributed by atoms with Gasteiger partial charge in [-0.2, -0.15) is 0 Å². The Bertz CT molecular complexity index is 2040. The lowest BCUT2D eigenvalue weighted by Gasteiger charge is -2.41. The van der Waals surface area contributed by atoms with Gasteiger partial charge in [0.15, 0.2) is 0 Å². The maximum Gasteiger partial charge on any atom is 0.210 e. The standard InChI is InChI=1S/C35H22N2O2/c1-3-12-22(13-4-1)36-26-18-11-19-27-31(26)32(34-33(36)25-17-8-10-21-29(25)38-34)30-24-16-7-9-20-28(24)39-35(30)37(27)23-14-5-2-6-15-23/h1-21,32H. The number of hydrogen-bond acceptors (Lipinski definition) is 4. The molecule has 2 aromatic heterocycles. The van der Waals surface area contributed by atoms with Crippen LogP contribution in [0.5, 0.6) is 0 Å². The minimum absolute atomic E-state index is 0.114. The Morgan fingerprint density at radius 2 is 1.03 bits per heavy atom. The molecule has 184 valence electrons. The van der Waals surface area contributed by atoms with Gasteiger partial charge in [-0.1, -0.05) is 72.8 Å². The summed E-state index contributed by atoms with van der Waals surface area (Å²) in [5, 5.41) is 2.21. The average molecular weight is 503 g/mol. The first-order chi connectivity index (χ1) is 19.4. The van der Waals surface area contributed by atoms with E-state index < -0.39 is 0 Å². The molecule has 2 aliphatic heterocycles. The summed E-state index contributed by atoms with van der Waals surface area (Å²) in [6.45, 7) is 0. The minimum Gasteiger partial charge on any atom is -0.458 e. The van der Waals surface area contributed by atoms with Gasteiger partial charge in [0, 0.05) is 33.3 Å². The molecule has 0 saturated heterocycles. The van der Waals surface area contributed by atoms with E-state index in [0.29, 0.717) is 0 Å². The van der Waals surface area contributed by atoms with E-state index >= 15 is 0 Å². The molecule has 5 aromatic carbocycles. The number of fused-ring (bicyclic) bond motifs is 8. The zero-order chi connectivity index (χ0) is 25.5. The lowest BCUT2D eigenvalue weighted by Crippen LogP contribution is -2.27. The third-order valence-electron chi connectivity index (χ3n) is 8.05. The molecule has 0 amide bonds. The van der Waals surface area contributed by atoms with Crippen LogP contribution in [0, 0.1) is 0 Å². The molecule has 9 rings (SSSR count). The number of nitrogens with zero attached hydrogens (tertiary/aromatic N) is 2. The SMILES string of the molecule is c1ccc(N2c3cccc4c3C(c3oc5ccccc5c3N4c3ccccc3)c3c2oc2ccccc32)cc1. The number of para-hydroxylation sites is 4. The van der Waals surface area contributed by atoms with Crippen molar-refractivity contribution in [2.45, 2.75) is 5.92 Å². The second-order valence-corrected chi connectivity index (χ2v) is 10.1. The molecule has 4 heterocycles. The summed E-state index contributed by atoms with van der Waals surface area (Å²) in [5.41, 5.74) is 9.63. The predicted octanol–water partition coefficient (Wildman–Crippen LogP) is 9.93. The van der Waals surface area contributed by atoms with E-state index in [0.717, 1.165) is 67.6 Å². The lowest BCUT2D eigenvalue weighted by atomic mass is 9.79. The van der Waals surface area contributed by atoms with Crippen molar-refractivity contribution in [3.8, 4) is 0 Å². The molecular weight excluding hydrogens is 480 g/mol. The number of furan rings is 2. The smallest absolute Gasteiger partial charge is 0.210 e. The van der Waals surface area contributed by atoms with Crippen LogP contribution in [-0.4, -0.2) is 0 Å². The molecule has 0 N–H and O–H groups in total. The summed E-state index contributed by atoms with van der Waals surface area (Å²) >= 11 is 0. The monoisotopic (exact) mass is 502 g/mol. The molecule has 39 heavy (non-hydrogen) atoms. The second-order valence-electron chi connectivity index (χ2n) is 10.1. The largest absolute Gasteiger partial charge is 0.458 e. The van der Waals surface area contributed by atoms with Crippen molar-refractivity contribution < 1.29 is 8.83 Å². The summed E-state index contributed by atoms with van der Waals surface area (Å²) in [6.07, 6.45) is 0. The van der Waals surface area contributed by atoms with Crippen LogP contribution >= 0.6 is 0 Å². The predicted molar refractivity (Wildman–Crippen MR) is 156 cm³/mol. The van der Waals surface area contributed by atoms with Gasteiger partial charge in [0.25, 0.3) is 0 Å². The Morgan fingerprint density at radius 1 is 0.462 bits per heavy atom. The van der Waals surface area contributed by atoms with Crippen molar-refractivity contribution in [3.63, 3.8) is 0 Å². The van der Waals surface area contributed by atoms with Gasteiger partial charge in [0.1, 0.15) is 16.9 Å². The average Bonchev–Trinajstić information content (AvgIpc) is 3.57. The Hall–Kier alpha value is -5.22. The van der Waals surface area contributed by atoms with Gasteiger partial charge >= 0.3 is 0 Å². The lowest BCUT2D eigenvalue weighted by molar-refractivity contribution is 0.532. The summed E-state index contributed by atoms with van der Waals surface area (Å²) in [5.74, 6) is 1.68. The van der Waals surface area contributed by atoms with Gasteiger partial charge < -0.3 is 13.7 Å². The highest BCUT2D eigenvalue weighted by molar-refractivity contribution is 6.06. The fourth-order valence-electron chi connectivity index (χ4n) is 6.52. The molecule has 0 aliphatic carbocycles. The Morgan fingerprint density at radius 3 is 1.74 bits per heavy atom. The Labute approximate surface area is 224 Å². The Kier molecular flexibility index (Phi) is 4.08. The maximum absolute atomic E-state index is 6.81. The highest BCUT2D eigenvalue weighted by atomic mass is 16.4. The van der Waals surface area contributed by atoms with Crippen LogP contribution in [-0.2, 0) is 0 Å². The molecule has 1 atom stereocenters. The first-order valence-corrected chi connectivity index (χ1v) is 13.2. The first-order valence-electron chi connectivity index (χ1n) is 13.2. The number of rotatable bonds is 2. The zero-order valence-electron chi connectivity index (χ0n) is 20.9. The molecule has 0 radical (unpaired) electrons. The van der Waals surface area contributed by atoms with E-state index in [1.54, 1.807) is 0 Å². The highest BCUT2D eigenvalue weighted by Crippen LogP contribution is 2.63. The molecule has 4 heteroatoms. The van der Waals surface area contributed by atoms with E-state index in [1.165, 1.54) is 5.56 Å². The van der Waals surface area contributed by atoms with Crippen molar-refractivity contribution in [1.82, 2.24) is 0 Å². The molecule has 0 spiro atoms. The van der Waals surface area contributed by atoms with Gasteiger partial charge in [-0.25, -0.2) is 0 Å². The van der Waals surface area contributed by atoms with Crippen LogP contribution < -0.4 is 9.80 Å². The van der Waals surface area contributed by atoms with Crippen LogP contribution in [0.1, 0.15) is 22.8 Å². The third-order valence-corrected chi connectivity index (χ3v) is 8.05. The van der Waals surface area contributed by atoms with Crippen molar-refractivity contribution in [2.75, 3.05) is 9.80 Å². The van der Waals surface area contributed by atoms with Crippen LogP contribution in [0.2, 0.25) is 0 Å². The van der Waals surface area contributed by atoms with Gasteiger partial charge in [0.2, 0.25) is 5.88 Å². The van der Waals surface area contributed by atoms with E-state index in [2.05, 4.69) is 119 Å². The normalized spacial score (nSPS) is 15.3. The molecule has 1 unspecified atom stereocenters. The maximum atomic E-state index is 6.81. The van der Waals surface area contributed by atoms with E-state index in [4.69, 9.17) is 8.83 Å². The Balaban J connectivity index is 1.46. The quantitative estimate of drug-likeness (QED) is 0.235. The van der Waals surface area contributed by atoms with Gasteiger partial charge in [-0.05, 0) is 54.6 Å². The molecule has 2 aliphatic rings. The molecular formula is C35H22N2O2. The fraction of sp³-hybridized carbons (Fsp3) is 0.0286. The summed E-state index contributed by atoms with van der Waals surface area (Å²) < 4.78 is 13.5. The topological polar surface area (TPSA) is 32.8 Å². The van der Waals surface area contributed by atoms with Gasteiger partial charge in [-0.3, -0.25) is 4.90 Å². The molecule has 4 nitrogen and oxygen atoms in total. The van der Waals surface area contributed by atoms with Crippen molar-refractivity contribution >= 4 is 56.3 Å². The van der Waals surface area contributed by atoms with Gasteiger partial charge in [0.05, 0.1) is 23.0 Å². The van der Waals surface area contributed by atoms with E-state index in [9.17, 15) is 0 Å². The number of hydrogen-bond donors (Lipinski definition) is 0. The second kappa shape index (κ2) is 7.65. The van der Waals surface area contributed by atoms with Gasteiger partial charge in [-0.15, -0.1) is 0 Å². The zero-order valence-corrected chi connectivity index (χ0v) is 20.9. The number of benzene rings is 5. The van der Waals surface area contributed by atoms with Crippen molar-refractivity contribution in [3.05, 3.63) is 144 Å². The van der Waals surface area contributed by atoms with Crippen LogP contribution in [0.15, 0.2) is 136 Å².